The van der Waals surface area contributed by atoms with Gasteiger partial charge in [0.15, 0.2) is 16.6 Å². The predicted octanol–water partition coefficient (Wildman–Crippen LogP) is 1.63. The van der Waals surface area contributed by atoms with Gasteiger partial charge in [-0.3, -0.25) is 14.5 Å². The molecule has 1 saturated heterocycles. The van der Waals surface area contributed by atoms with E-state index in [0.717, 1.165) is 16.0 Å². The number of ether oxygens (including phenoxy) is 3. The third-order valence-electron chi connectivity index (χ3n) is 3.63. The molecular formula is C17H20N2O5S. The van der Waals surface area contributed by atoms with Crippen LogP contribution in [-0.4, -0.2) is 49.3 Å². The molecule has 7 nitrogen and oxygen atoms in total. The van der Waals surface area contributed by atoms with E-state index in [-0.39, 0.29) is 23.3 Å². The average Bonchev–Trinajstić information content (AvgIpc) is 2.85. The summed E-state index contributed by atoms with van der Waals surface area (Å²) in [4.78, 5) is 25.0. The standard InChI is InChI=1S/C17H20N2O5S/c1-5-24-14-8-11(10(2)6-13(14)22-3)7-12-16(21)19(17(25)18-12)9-15(20)23-4/h6-8H,5,9H2,1-4H3,(H,18,25)/b12-7-. The number of hydrogen-bond acceptors (Lipinski definition) is 6. The summed E-state index contributed by atoms with van der Waals surface area (Å²) in [6.45, 7) is 4.03. The highest BCUT2D eigenvalue weighted by atomic mass is 32.1. The van der Waals surface area contributed by atoms with Crippen LogP contribution in [0.25, 0.3) is 6.08 Å². The summed E-state index contributed by atoms with van der Waals surface area (Å²) in [5, 5.41) is 2.99. The minimum atomic E-state index is -0.544. The van der Waals surface area contributed by atoms with Crippen LogP contribution >= 0.6 is 12.2 Å². The van der Waals surface area contributed by atoms with Gasteiger partial charge < -0.3 is 19.5 Å². The number of methoxy groups -OCH3 is 2. The Balaban J connectivity index is 2.34. The van der Waals surface area contributed by atoms with Gasteiger partial charge in [-0.15, -0.1) is 0 Å². The Morgan fingerprint density at radius 3 is 2.64 bits per heavy atom. The number of carbonyl (C=O) groups excluding carboxylic acids is 2. The molecule has 0 unspecified atom stereocenters. The van der Waals surface area contributed by atoms with Crippen molar-refractivity contribution in [2.75, 3.05) is 27.4 Å². The second kappa shape index (κ2) is 7.98. The van der Waals surface area contributed by atoms with E-state index >= 15 is 0 Å². The van der Waals surface area contributed by atoms with Crippen molar-refractivity contribution in [2.45, 2.75) is 13.8 Å². The first-order valence-corrected chi connectivity index (χ1v) is 8.04. The third kappa shape index (κ3) is 4.08. The van der Waals surface area contributed by atoms with Crippen LogP contribution < -0.4 is 14.8 Å². The highest BCUT2D eigenvalue weighted by Crippen LogP contribution is 2.32. The number of carbonyl (C=O) groups is 2. The number of nitrogens with one attached hydrogen (secondary N) is 1. The zero-order chi connectivity index (χ0) is 18.6. The number of hydrogen-bond donors (Lipinski definition) is 1. The van der Waals surface area contributed by atoms with Crippen LogP contribution in [0.4, 0.5) is 0 Å². The maximum Gasteiger partial charge on any atom is 0.325 e. The van der Waals surface area contributed by atoms with Gasteiger partial charge in [-0.1, -0.05) is 0 Å². The number of esters is 1. The van der Waals surface area contributed by atoms with Crippen molar-refractivity contribution >= 4 is 35.3 Å². The second-order valence-corrected chi connectivity index (χ2v) is 5.63. The lowest BCUT2D eigenvalue weighted by atomic mass is 10.1. The van der Waals surface area contributed by atoms with Crippen molar-refractivity contribution < 1.29 is 23.8 Å². The molecule has 1 aromatic carbocycles. The minimum absolute atomic E-state index is 0.165. The van der Waals surface area contributed by atoms with Crippen molar-refractivity contribution in [3.8, 4) is 11.5 Å². The van der Waals surface area contributed by atoms with Crippen LogP contribution in [0.3, 0.4) is 0 Å². The van der Waals surface area contributed by atoms with Gasteiger partial charge in [-0.2, -0.15) is 0 Å². The van der Waals surface area contributed by atoms with E-state index in [1.165, 1.54) is 7.11 Å². The molecular weight excluding hydrogens is 344 g/mol. The van der Waals surface area contributed by atoms with Gasteiger partial charge in [0.1, 0.15) is 12.2 Å². The molecule has 134 valence electrons. The Morgan fingerprint density at radius 2 is 2.04 bits per heavy atom. The SMILES string of the molecule is CCOc1cc(/C=C2\NC(=S)N(CC(=O)OC)C2=O)c(C)cc1OC. The minimum Gasteiger partial charge on any atom is -0.493 e. The number of nitrogens with zero attached hydrogens (tertiary/aromatic N) is 1. The topological polar surface area (TPSA) is 77.1 Å². The van der Waals surface area contributed by atoms with Gasteiger partial charge in [-0.25, -0.2) is 0 Å². The summed E-state index contributed by atoms with van der Waals surface area (Å²) in [7, 11) is 2.83. The molecule has 0 aromatic heterocycles. The Hall–Kier alpha value is -2.61. The van der Waals surface area contributed by atoms with Crippen molar-refractivity contribution in [1.29, 1.82) is 0 Å². The zero-order valence-electron chi connectivity index (χ0n) is 14.5. The van der Waals surface area contributed by atoms with Gasteiger partial charge >= 0.3 is 5.97 Å². The molecule has 1 aliphatic heterocycles. The van der Waals surface area contributed by atoms with Crippen LogP contribution in [0, 0.1) is 6.92 Å². The van der Waals surface area contributed by atoms with E-state index < -0.39 is 5.97 Å². The molecule has 1 heterocycles. The number of rotatable bonds is 6. The molecule has 0 bridgehead atoms. The largest absolute Gasteiger partial charge is 0.493 e. The molecule has 8 heteroatoms. The van der Waals surface area contributed by atoms with Crippen molar-refractivity contribution in [2.24, 2.45) is 0 Å². The molecule has 0 aliphatic carbocycles. The van der Waals surface area contributed by atoms with Crippen LogP contribution in [0.15, 0.2) is 17.8 Å². The first-order valence-electron chi connectivity index (χ1n) is 7.64. The number of amides is 1. The molecule has 0 atom stereocenters. The molecule has 0 saturated carbocycles. The van der Waals surface area contributed by atoms with E-state index in [1.54, 1.807) is 19.3 Å². The van der Waals surface area contributed by atoms with Crippen LogP contribution in [0.2, 0.25) is 0 Å². The lowest BCUT2D eigenvalue weighted by Gasteiger charge is -2.12. The molecule has 0 radical (unpaired) electrons. The highest BCUT2D eigenvalue weighted by Gasteiger charge is 2.32. The summed E-state index contributed by atoms with van der Waals surface area (Å²) >= 11 is 5.12. The fourth-order valence-corrected chi connectivity index (χ4v) is 2.58. The van der Waals surface area contributed by atoms with Crippen LogP contribution in [0.5, 0.6) is 11.5 Å². The smallest absolute Gasteiger partial charge is 0.325 e. The Morgan fingerprint density at radius 1 is 1.32 bits per heavy atom. The van der Waals surface area contributed by atoms with Gasteiger partial charge in [0.25, 0.3) is 5.91 Å². The highest BCUT2D eigenvalue weighted by molar-refractivity contribution is 7.80. The van der Waals surface area contributed by atoms with Crippen LogP contribution in [0.1, 0.15) is 18.1 Å². The maximum absolute atomic E-state index is 12.5. The van der Waals surface area contributed by atoms with Gasteiger partial charge in [0.2, 0.25) is 0 Å². The average molecular weight is 364 g/mol. The van der Waals surface area contributed by atoms with E-state index in [9.17, 15) is 9.59 Å². The number of thiocarbonyl (C=S) groups is 1. The van der Waals surface area contributed by atoms with Crippen LogP contribution in [-0.2, 0) is 14.3 Å². The summed E-state index contributed by atoms with van der Waals surface area (Å²) < 4.78 is 15.5. The van der Waals surface area contributed by atoms with E-state index in [1.807, 2.05) is 19.9 Å². The Labute approximate surface area is 151 Å². The van der Waals surface area contributed by atoms with Gasteiger partial charge in [-0.05, 0) is 55.4 Å². The van der Waals surface area contributed by atoms with Crippen molar-refractivity contribution in [3.05, 3.63) is 29.0 Å². The predicted molar refractivity (Wildman–Crippen MR) is 96.3 cm³/mol. The first kappa shape index (κ1) is 18.7. The summed E-state index contributed by atoms with van der Waals surface area (Å²) in [6.07, 6.45) is 1.67. The lowest BCUT2D eigenvalue weighted by Crippen LogP contribution is -2.35. The molecule has 1 fully saturated rings. The molecule has 2 rings (SSSR count). The Kier molecular flexibility index (Phi) is 5.97. The number of aryl methyl sites for hydroxylation is 1. The van der Waals surface area contributed by atoms with Gasteiger partial charge in [0.05, 0.1) is 20.8 Å². The van der Waals surface area contributed by atoms with E-state index in [2.05, 4.69) is 10.1 Å². The maximum atomic E-state index is 12.5. The summed E-state index contributed by atoms with van der Waals surface area (Å²) in [6, 6.07) is 3.63. The van der Waals surface area contributed by atoms with Crippen molar-refractivity contribution in [1.82, 2.24) is 10.2 Å². The molecule has 1 aromatic rings. The lowest BCUT2D eigenvalue weighted by molar-refractivity contribution is -0.143. The first-order chi connectivity index (χ1) is 11.9. The molecule has 25 heavy (non-hydrogen) atoms. The van der Waals surface area contributed by atoms with E-state index in [4.69, 9.17) is 21.7 Å². The molecule has 1 N–H and O–H groups in total. The summed E-state index contributed by atoms with van der Waals surface area (Å²) in [5.74, 6) is 0.276. The number of benzene rings is 1. The quantitative estimate of drug-likeness (QED) is 0.467. The Bertz CT molecular complexity index is 745. The summed E-state index contributed by atoms with van der Waals surface area (Å²) in [5.41, 5.74) is 1.96. The molecule has 1 aliphatic rings. The fourth-order valence-electron chi connectivity index (χ4n) is 2.32. The van der Waals surface area contributed by atoms with Gasteiger partial charge in [0, 0.05) is 0 Å². The fraction of sp³-hybridized carbons (Fsp3) is 0.353. The molecule has 1 amide bonds. The second-order valence-electron chi connectivity index (χ2n) is 5.25. The third-order valence-corrected chi connectivity index (χ3v) is 3.95. The van der Waals surface area contributed by atoms with E-state index in [0.29, 0.717) is 18.1 Å². The monoisotopic (exact) mass is 364 g/mol. The zero-order valence-corrected chi connectivity index (χ0v) is 15.4. The normalized spacial score (nSPS) is 15.4. The molecule has 0 spiro atoms. The van der Waals surface area contributed by atoms with Crippen molar-refractivity contribution in [3.63, 3.8) is 0 Å².